The number of urea groups is 1. The number of hydrogen-bond acceptors (Lipinski definition) is 6. The van der Waals surface area contributed by atoms with Crippen LogP contribution < -0.4 is 15.4 Å². The van der Waals surface area contributed by atoms with Crippen LogP contribution in [-0.4, -0.2) is 45.6 Å². The van der Waals surface area contributed by atoms with Crippen molar-refractivity contribution in [3.05, 3.63) is 24.3 Å². The van der Waals surface area contributed by atoms with Crippen molar-refractivity contribution in [2.24, 2.45) is 0 Å². The standard InChI is InChI=1S/C20H29N5O3S/c1-5-7-12-25-18(15-8-10-16(28-4)11-9-15)23-24-20(25)29-13-17(26)22-19(27)21-14(3)6-2/h8-11,14H,5-7,12-13H2,1-4H3,(H2,21,22,26,27)/t14-/m0/s1. The van der Waals surface area contributed by atoms with E-state index in [0.29, 0.717) is 5.16 Å². The zero-order valence-electron chi connectivity index (χ0n) is 17.4. The molecule has 2 rings (SSSR count). The van der Waals surface area contributed by atoms with E-state index in [1.165, 1.54) is 11.8 Å². The van der Waals surface area contributed by atoms with Crippen LogP contribution in [0.15, 0.2) is 29.4 Å². The maximum Gasteiger partial charge on any atom is 0.321 e. The highest BCUT2D eigenvalue weighted by Crippen LogP contribution is 2.26. The average Bonchev–Trinajstić information content (AvgIpc) is 3.13. The van der Waals surface area contributed by atoms with E-state index in [9.17, 15) is 9.59 Å². The summed E-state index contributed by atoms with van der Waals surface area (Å²) < 4.78 is 7.23. The number of nitrogens with one attached hydrogen (secondary N) is 2. The maximum absolute atomic E-state index is 12.1. The van der Waals surface area contributed by atoms with Crippen LogP contribution in [0.4, 0.5) is 4.79 Å². The van der Waals surface area contributed by atoms with Crippen LogP contribution in [0.2, 0.25) is 0 Å². The Bertz CT molecular complexity index is 807. The molecule has 0 aliphatic rings. The van der Waals surface area contributed by atoms with E-state index in [-0.39, 0.29) is 17.7 Å². The maximum atomic E-state index is 12.1. The number of carbonyl (C=O) groups excluding carboxylic acids is 2. The van der Waals surface area contributed by atoms with E-state index in [1.807, 2.05) is 42.7 Å². The highest BCUT2D eigenvalue weighted by Gasteiger charge is 2.17. The lowest BCUT2D eigenvalue weighted by atomic mass is 10.2. The smallest absolute Gasteiger partial charge is 0.321 e. The van der Waals surface area contributed by atoms with Gasteiger partial charge < -0.3 is 14.6 Å². The third-order valence-electron chi connectivity index (χ3n) is 4.38. The molecule has 0 aliphatic carbocycles. The lowest BCUT2D eigenvalue weighted by Crippen LogP contribution is -2.43. The summed E-state index contributed by atoms with van der Waals surface area (Å²) in [4.78, 5) is 23.9. The molecule has 29 heavy (non-hydrogen) atoms. The number of imide groups is 1. The van der Waals surface area contributed by atoms with Crippen LogP contribution in [0.5, 0.6) is 5.75 Å². The summed E-state index contributed by atoms with van der Waals surface area (Å²) in [7, 11) is 1.63. The van der Waals surface area contributed by atoms with Gasteiger partial charge >= 0.3 is 6.03 Å². The number of benzene rings is 1. The van der Waals surface area contributed by atoms with E-state index >= 15 is 0 Å². The minimum absolute atomic E-state index is 0.0136. The molecule has 2 N–H and O–H groups in total. The van der Waals surface area contributed by atoms with Gasteiger partial charge in [0.1, 0.15) is 5.75 Å². The molecule has 8 nitrogen and oxygen atoms in total. The predicted molar refractivity (Wildman–Crippen MR) is 114 cm³/mol. The molecule has 0 saturated carbocycles. The molecular formula is C20H29N5O3S. The predicted octanol–water partition coefficient (Wildman–Crippen LogP) is 3.47. The molecule has 3 amide bonds. The van der Waals surface area contributed by atoms with E-state index < -0.39 is 6.03 Å². The van der Waals surface area contributed by atoms with Crippen molar-refractivity contribution in [1.29, 1.82) is 0 Å². The van der Waals surface area contributed by atoms with E-state index in [4.69, 9.17) is 4.74 Å². The van der Waals surface area contributed by atoms with Crippen molar-refractivity contribution in [1.82, 2.24) is 25.4 Å². The number of thioether (sulfide) groups is 1. The Hall–Kier alpha value is -2.55. The fraction of sp³-hybridized carbons (Fsp3) is 0.500. The normalized spacial score (nSPS) is 11.7. The summed E-state index contributed by atoms with van der Waals surface area (Å²) in [5, 5.41) is 14.3. The number of carbonyl (C=O) groups is 2. The first-order chi connectivity index (χ1) is 14.0. The SMILES string of the molecule is CCCCn1c(SCC(=O)NC(=O)N[C@@H](C)CC)nnc1-c1ccc(OC)cc1. The molecule has 1 heterocycles. The van der Waals surface area contributed by atoms with Gasteiger partial charge in [-0.1, -0.05) is 32.0 Å². The van der Waals surface area contributed by atoms with Gasteiger partial charge in [0.15, 0.2) is 11.0 Å². The summed E-state index contributed by atoms with van der Waals surface area (Å²) in [6.45, 7) is 6.72. The summed E-state index contributed by atoms with van der Waals surface area (Å²) in [5.74, 6) is 1.24. The topological polar surface area (TPSA) is 98.1 Å². The Morgan fingerprint density at radius 3 is 2.55 bits per heavy atom. The number of amides is 3. The van der Waals surface area contributed by atoms with E-state index in [2.05, 4.69) is 27.8 Å². The number of nitrogens with zero attached hydrogens (tertiary/aromatic N) is 3. The van der Waals surface area contributed by atoms with Crippen LogP contribution in [0.3, 0.4) is 0 Å². The molecule has 0 radical (unpaired) electrons. The first-order valence-corrected chi connectivity index (χ1v) is 10.8. The molecule has 9 heteroatoms. The van der Waals surface area contributed by atoms with E-state index in [1.54, 1.807) is 7.11 Å². The van der Waals surface area contributed by atoms with Crippen molar-refractivity contribution in [3.8, 4) is 17.1 Å². The van der Waals surface area contributed by atoms with Gasteiger partial charge in [-0.3, -0.25) is 10.1 Å². The number of aromatic nitrogens is 3. The molecule has 1 aromatic heterocycles. The van der Waals surface area contributed by atoms with Crippen molar-refractivity contribution in [2.45, 2.75) is 57.8 Å². The Labute approximate surface area is 175 Å². The molecule has 0 unspecified atom stereocenters. The van der Waals surface area contributed by atoms with Crippen molar-refractivity contribution in [3.63, 3.8) is 0 Å². The van der Waals surface area contributed by atoms with Crippen molar-refractivity contribution >= 4 is 23.7 Å². The first-order valence-electron chi connectivity index (χ1n) is 9.79. The molecule has 1 aromatic carbocycles. The molecule has 0 aliphatic heterocycles. The lowest BCUT2D eigenvalue weighted by Gasteiger charge is -2.12. The largest absolute Gasteiger partial charge is 0.497 e. The molecule has 158 valence electrons. The number of unbranched alkanes of at least 4 members (excludes halogenated alkanes) is 1. The van der Waals surface area contributed by atoms with E-state index in [0.717, 1.165) is 42.9 Å². The van der Waals surface area contributed by atoms with Crippen LogP contribution in [0.1, 0.15) is 40.0 Å². The quantitative estimate of drug-likeness (QED) is 0.572. The Kier molecular flexibility index (Phi) is 8.98. The Morgan fingerprint density at radius 1 is 1.21 bits per heavy atom. The Morgan fingerprint density at radius 2 is 1.93 bits per heavy atom. The number of rotatable bonds is 10. The van der Waals surface area contributed by atoms with Crippen molar-refractivity contribution < 1.29 is 14.3 Å². The fourth-order valence-electron chi connectivity index (χ4n) is 2.52. The fourth-order valence-corrected chi connectivity index (χ4v) is 3.29. The van der Waals surface area contributed by atoms with Gasteiger partial charge in [-0.05, 0) is 44.0 Å². The van der Waals surface area contributed by atoms with Crippen molar-refractivity contribution in [2.75, 3.05) is 12.9 Å². The van der Waals surface area contributed by atoms with Gasteiger partial charge in [0.05, 0.1) is 12.9 Å². The molecular weight excluding hydrogens is 390 g/mol. The van der Waals surface area contributed by atoms with Gasteiger partial charge in [0.25, 0.3) is 0 Å². The van der Waals surface area contributed by atoms with Gasteiger partial charge in [-0.2, -0.15) is 0 Å². The van der Waals surface area contributed by atoms with Crippen LogP contribution in [-0.2, 0) is 11.3 Å². The van der Waals surface area contributed by atoms with Crippen LogP contribution in [0.25, 0.3) is 11.4 Å². The summed E-state index contributed by atoms with van der Waals surface area (Å²) in [6.07, 6.45) is 2.80. The van der Waals surface area contributed by atoms with Gasteiger partial charge in [0.2, 0.25) is 5.91 Å². The molecule has 0 saturated heterocycles. The summed E-state index contributed by atoms with van der Waals surface area (Å²) in [6, 6.07) is 7.17. The zero-order chi connectivity index (χ0) is 21.2. The third kappa shape index (κ3) is 6.77. The second kappa shape index (κ2) is 11.5. The molecule has 0 bridgehead atoms. The van der Waals surface area contributed by atoms with Crippen LogP contribution >= 0.6 is 11.8 Å². The third-order valence-corrected chi connectivity index (χ3v) is 5.34. The molecule has 0 spiro atoms. The van der Waals surface area contributed by atoms with Gasteiger partial charge in [-0.15, -0.1) is 10.2 Å². The highest BCUT2D eigenvalue weighted by atomic mass is 32.2. The molecule has 1 atom stereocenters. The molecule has 0 fully saturated rings. The minimum Gasteiger partial charge on any atom is -0.497 e. The average molecular weight is 420 g/mol. The second-order valence-electron chi connectivity index (χ2n) is 6.66. The molecule has 2 aromatic rings. The second-order valence-corrected chi connectivity index (χ2v) is 7.60. The first kappa shape index (κ1) is 22.7. The zero-order valence-corrected chi connectivity index (χ0v) is 18.2. The summed E-state index contributed by atoms with van der Waals surface area (Å²) >= 11 is 1.27. The lowest BCUT2D eigenvalue weighted by molar-refractivity contribution is -0.117. The highest BCUT2D eigenvalue weighted by molar-refractivity contribution is 7.99. The van der Waals surface area contributed by atoms with Gasteiger partial charge in [0, 0.05) is 18.2 Å². The summed E-state index contributed by atoms with van der Waals surface area (Å²) in [5.41, 5.74) is 0.929. The minimum atomic E-state index is -0.476. The number of ether oxygens (including phenoxy) is 1. The number of methoxy groups -OCH3 is 1. The van der Waals surface area contributed by atoms with Crippen LogP contribution in [0, 0.1) is 0 Å². The number of hydrogen-bond donors (Lipinski definition) is 2. The Balaban J connectivity index is 2.06. The van der Waals surface area contributed by atoms with Gasteiger partial charge in [-0.25, -0.2) is 4.79 Å². The monoisotopic (exact) mass is 419 g/mol.